The molecule has 0 bridgehead atoms. The van der Waals surface area contributed by atoms with Gasteiger partial charge >= 0.3 is 0 Å². The van der Waals surface area contributed by atoms with Crippen LogP contribution in [0.1, 0.15) is 41.2 Å². The molecule has 9 nitrogen and oxygen atoms in total. The number of carbonyl (C=O) groups excluding carboxylic acids is 1. The number of thiazole rings is 1. The summed E-state index contributed by atoms with van der Waals surface area (Å²) in [5, 5.41) is 19.1. The second kappa shape index (κ2) is 12.1. The van der Waals surface area contributed by atoms with Crippen molar-refractivity contribution in [2.75, 3.05) is 63.3 Å². The van der Waals surface area contributed by atoms with Crippen LogP contribution in [0.25, 0.3) is 0 Å². The maximum absolute atomic E-state index is 12.8. The lowest BCUT2D eigenvalue weighted by molar-refractivity contribution is -0.0212. The number of ether oxygens (including phenoxy) is 2. The third-order valence-corrected chi connectivity index (χ3v) is 7.19. The first-order valence-electron chi connectivity index (χ1n) is 12.0. The average Bonchev–Trinajstić information content (AvgIpc) is 3.53. The fourth-order valence-electron chi connectivity index (χ4n) is 4.41. The number of alkyl halides is 1. The van der Waals surface area contributed by atoms with Crippen LogP contribution >= 0.6 is 11.3 Å². The molecular weight excluding hydrogens is 473 g/mol. The van der Waals surface area contributed by atoms with E-state index in [0.29, 0.717) is 30.1 Å². The zero-order valence-corrected chi connectivity index (χ0v) is 21.0. The van der Waals surface area contributed by atoms with Crippen LogP contribution in [-0.2, 0) is 16.0 Å². The minimum Gasteiger partial charge on any atom is -0.380 e. The summed E-state index contributed by atoms with van der Waals surface area (Å²) in [4.78, 5) is 21.8. The van der Waals surface area contributed by atoms with Crippen LogP contribution in [0.3, 0.4) is 0 Å². The molecule has 2 aromatic rings. The van der Waals surface area contributed by atoms with Crippen molar-refractivity contribution in [1.29, 1.82) is 0 Å². The Bertz CT molecular complexity index is 993. The summed E-state index contributed by atoms with van der Waals surface area (Å²) in [6, 6.07) is 5.51. The summed E-state index contributed by atoms with van der Waals surface area (Å²) >= 11 is 1.46. The van der Waals surface area contributed by atoms with Crippen LogP contribution in [0.2, 0.25) is 0 Å². The Morgan fingerprint density at radius 1 is 1.40 bits per heavy atom. The van der Waals surface area contributed by atoms with Crippen molar-refractivity contribution in [3.05, 3.63) is 40.4 Å². The highest BCUT2D eigenvalue weighted by atomic mass is 32.1. The monoisotopic (exact) mass is 507 g/mol. The molecule has 1 aromatic carbocycles. The quantitative estimate of drug-likeness (QED) is 0.422. The molecule has 0 aliphatic carbocycles. The third-order valence-electron chi connectivity index (χ3n) is 6.27. The Balaban J connectivity index is 1.48. The number of hydrogen-bond acceptors (Lipinski definition) is 9. The molecule has 0 spiro atoms. The summed E-state index contributed by atoms with van der Waals surface area (Å²) in [5.74, 6) is -0.392. The number of rotatable bonds is 10. The van der Waals surface area contributed by atoms with Gasteiger partial charge in [-0.05, 0) is 31.0 Å². The molecule has 3 heterocycles. The van der Waals surface area contributed by atoms with Crippen LogP contribution in [0.4, 0.5) is 15.2 Å². The van der Waals surface area contributed by atoms with Gasteiger partial charge in [0, 0.05) is 57.4 Å². The molecule has 3 N–H and O–H groups in total. The van der Waals surface area contributed by atoms with Gasteiger partial charge in [0.15, 0.2) is 11.4 Å². The number of hydrogen-bond donors (Lipinski definition) is 3. The van der Waals surface area contributed by atoms with Crippen molar-refractivity contribution in [2.45, 2.75) is 38.3 Å². The second-order valence-electron chi connectivity index (χ2n) is 8.94. The zero-order chi connectivity index (χ0) is 24.8. The summed E-state index contributed by atoms with van der Waals surface area (Å²) in [7, 11) is 1.71. The Morgan fingerprint density at radius 3 is 3.00 bits per heavy atom. The average molecular weight is 508 g/mol. The minimum absolute atomic E-state index is 0.0697. The number of aliphatic hydroxyl groups excluding tert-OH is 1. The minimum atomic E-state index is -1.10. The number of benzene rings is 1. The van der Waals surface area contributed by atoms with Crippen molar-refractivity contribution in [3.8, 4) is 0 Å². The number of anilines is 2. The number of nitrogens with one attached hydrogen (secondary N) is 2. The first kappa shape index (κ1) is 25.8. The molecule has 192 valence electrons. The number of nitrogens with zero attached hydrogens (tertiary/aromatic N) is 3. The van der Waals surface area contributed by atoms with Gasteiger partial charge in [-0.15, -0.1) is 11.3 Å². The van der Waals surface area contributed by atoms with Crippen LogP contribution in [0.15, 0.2) is 23.6 Å². The van der Waals surface area contributed by atoms with Crippen molar-refractivity contribution >= 4 is 28.1 Å². The van der Waals surface area contributed by atoms with Crippen molar-refractivity contribution in [1.82, 2.24) is 15.2 Å². The van der Waals surface area contributed by atoms with Crippen LogP contribution in [0, 0.1) is 0 Å². The van der Waals surface area contributed by atoms with Gasteiger partial charge in [0.25, 0.3) is 5.91 Å². The van der Waals surface area contributed by atoms with E-state index in [1.54, 1.807) is 19.2 Å². The van der Waals surface area contributed by atoms with Gasteiger partial charge < -0.3 is 30.1 Å². The summed E-state index contributed by atoms with van der Waals surface area (Å²) < 4.78 is 23.7. The molecule has 1 unspecified atom stereocenters. The van der Waals surface area contributed by atoms with Gasteiger partial charge in [0.1, 0.15) is 12.4 Å². The Kier molecular flexibility index (Phi) is 8.90. The predicted octanol–water partition coefficient (Wildman–Crippen LogP) is 2.39. The summed E-state index contributed by atoms with van der Waals surface area (Å²) in [6.07, 6.45) is 0.199. The molecule has 35 heavy (non-hydrogen) atoms. The Labute approximate surface area is 209 Å². The van der Waals surface area contributed by atoms with Gasteiger partial charge in [-0.25, -0.2) is 9.37 Å². The van der Waals surface area contributed by atoms with E-state index in [4.69, 9.17) is 9.47 Å². The Hall–Kier alpha value is -2.31. The molecule has 0 saturated carbocycles. The summed E-state index contributed by atoms with van der Waals surface area (Å²) in [5.41, 5.74) is 2.26. The smallest absolute Gasteiger partial charge is 0.253 e. The van der Waals surface area contributed by atoms with Crippen molar-refractivity contribution < 1.29 is 23.8 Å². The molecule has 3 atom stereocenters. The highest BCUT2D eigenvalue weighted by Gasteiger charge is 2.26. The molecular formula is C24H34FN5O4S. The first-order chi connectivity index (χ1) is 17.0. The molecule has 11 heteroatoms. The molecule has 2 aliphatic heterocycles. The Morgan fingerprint density at radius 2 is 2.26 bits per heavy atom. The lowest BCUT2D eigenvalue weighted by Crippen LogP contribution is -2.40. The van der Waals surface area contributed by atoms with Crippen LogP contribution in [0.5, 0.6) is 0 Å². The van der Waals surface area contributed by atoms with Crippen LogP contribution < -0.4 is 15.5 Å². The molecule has 1 aromatic heterocycles. The number of methoxy groups -OCH3 is 1. The van der Waals surface area contributed by atoms with Gasteiger partial charge in [0.2, 0.25) is 0 Å². The molecule has 1 amide bonds. The fourth-order valence-corrected chi connectivity index (χ4v) is 5.30. The number of amides is 1. The number of aliphatic hydroxyl groups is 1. The summed E-state index contributed by atoms with van der Waals surface area (Å²) in [6.45, 7) is 5.94. The van der Waals surface area contributed by atoms with E-state index < -0.39 is 18.8 Å². The van der Waals surface area contributed by atoms with Gasteiger partial charge in [0.05, 0.1) is 24.4 Å². The topological polar surface area (TPSA) is 99.2 Å². The predicted molar refractivity (Wildman–Crippen MR) is 134 cm³/mol. The molecule has 0 radical (unpaired) electrons. The number of morpholine rings is 1. The van der Waals surface area contributed by atoms with E-state index in [9.17, 15) is 14.3 Å². The van der Waals surface area contributed by atoms with Crippen LogP contribution in [-0.4, -0.2) is 86.2 Å². The molecule has 2 fully saturated rings. The first-order valence-corrected chi connectivity index (χ1v) is 12.8. The zero-order valence-electron chi connectivity index (χ0n) is 20.2. The number of aromatic nitrogens is 1. The van der Waals surface area contributed by atoms with E-state index in [2.05, 4.69) is 25.4 Å². The van der Waals surface area contributed by atoms with E-state index in [1.165, 1.54) is 11.3 Å². The van der Waals surface area contributed by atoms with E-state index in [0.717, 1.165) is 43.3 Å². The largest absolute Gasteiger partial charge is 0.380 e. The maximum atomic E-state index is 12.8. The second-order valence-corrected chi connectivity index (χ2v) is 9.77. The highest BCUT2D eigenvalue weighted by Crippen LogP contribution is 2.29. The van der Waals surface area contributed by atoms with E-state index in [1.807, 2.05) is 18.4 Å². The van der Waals surface area contributed by atoms with Gasteiger partial charge in [-0.3, -0.25) is 9.69 Å². The van der Waals surface area contributed by atoms with Gasteiger partial charge in [-0.1, -0.05) is 6.07 Å². The third kappa shape index (κ3) is 6.68. The molecule has 2 aliphatic rings. The van der Waals surface area contributed by atoms with Crippen molar-refractivity contribution in [2.24, 2.45) is 0 Å². The maximum Gasteiger partial charge on any atom is 0.253 e. The SMILES string of the molecule is CO[C@H]1CCN(c2nc(C(O)Nc3ccc(CN4CCO[C@@H](C)C4)cc3C(=O)NCCF)cs2)C1. The fraction of sp³-hybridized carbons (Fsp3) is 0.583. The normalized spacial score (nSPS) is 21.8. The lowest BCUT2D eigenvalue weighted by atomic mass is 10.1. The number of halogens is 1. The van der Waals surface area contributed by atoms with Gasteiger partial charge in [-0.2, -0.15) is 0 Å². The van der Waals surface area contributed by atoms with E-state index >= 15 is 0 Å². The molecule has 2 saturated heterocycles. The number of carbonyl (C=O) groups is 1. The lowest BCUT2D eigenvalue weighted by Gasteiger charge is -2.31. The van der Waals surface area contributed by atoms with E-state index in [-0.39, 0.29) is 18.8 Å². The molecule has 4 rings (SSSR count). The van der Waals surface area contributed by atoms with Crippen molar-refractivity contribution in [3.63, 3.8) is 0 Å². The highest BCUT2D eigenvalue weighted by molar-refractivity contribution is 7.13. The standard InChI is InChI=1S/C24H34FN5O4S/c1-16-12-29(9-10-34-16)13-17-3-4-20(19(11-17)22(31)26-7-6-25)27-23(32)21-15-35-24(28-21)30-8-5-18(14-30)33-2/h3-4,11,15-16,18,23,27,32H,5-10,12-14H2,1-2H3,(H,26,31)/t16-,18-,23?/m0/s1.